The van der Waals surface area contributed by atoms with Crippen LogP contribution in [0.1, 0.15) is 24.8 Å². The molecular formula is C20H23N3O2. The third-order valence-electron chi connectivity index (χ3n) is 4.64. The average molecular weight is 337 g/mol. The molecule has 3 rings (SSSR count). The summed E-state index contributed by atoms with van der Waals surface area (Å²) in [6.45, 7) is 2.17. The van der Waals surface area contributed by atoms with Crippen LogP contribution in [0.2, 0.25) is 0 Å². The minimum atomic E-state index is -0.221. The Bertz CT molecular complexity index is 761. The van der Waals surface area contributed by atoms with Crippen LogP contribution in [0, 0.1) is 5.92 Å². The van der Waals surface area contributed by atoms with E-state index in [1.54, 1.807) is 19.2 Å². The smallest absolute Gasteiger partial charge is 0.319 e. The summed E-state index contributed by atoms with van der Waals surface area (Å²) in [6, 6.07) is 17.4. The summed E-state index contributed by atoms with van der Waals surface area (Å²) >= 11 is 0. The average Bonchev–Trinajstić information content (AvgIpc) is 3.40. The highest BCUT2D eigenvalue weighted by atomic mass is 16.2. The monoisotopic (exact) mass is 337 g/mol. The fourth-order valence-electron chi connectivity index (χ4n) is 2.95. The predicted molar refractivity (Wildman–Crippen MR) is 99.8 cm³/mol. The van der Waals surface area contributed by atoms with E-state index < -0.39 is 0 Å². The third kappa shape index (κ3) is 4.38. The first kappa shape index (κ1) is 17.0. The second-order valence-electron chi connectivity index (χ2n) is 6.48. The van der Waals surface area contributed by atoms with Crippen molar-refractivity contribution in [3.05, 3.63) is 60.2 Å². The number of rotatable bonds is 5. The number of hydrogen-bond acceptors (Lipinski definition) is 2. The molecule has 0 aromatic heterocycles. The minimum Gasteiger partial charge on any atom is -0.338 e. The Morgan fingerprint density at radius 2 is 1.88 bits per heavy atom. The van der Waals surface area contributed by atoms with Crippen LogP contribution >= 0.6 is 0 Å². The first-order valence-electron chi connectivity index (χ1n) is 8.49. The predicted octanol–water partition coefficient (Wildman–Crippen LogP) is 3.59. The van der Waals surface area contributed by atoms with E-state index in [4.69, 9.17) is 0 Å². The summed E-state index contributed by atoms with van der Waals surface area (Å²) < 4.78 is 0. The highest BCUT2D eigenvalue weighted by Gasteiger charge is 2.37. The van der Waals surface area contributed by atoms with Gasteiger partial charge in [0.25, 0.3) is 0 Å². The molecule has 2 aromatic rings. The lowest BCUT2D eigenvalue weighted by molar-refractivity contribution is -0.116. The van der Waals surface area contributed by atoms with Crippen LogP contribution in [-0.4, -0.2) is 25.5 Å². The third-order valence-corrected chi connectivity index (χ3v) is 4.64. The maximum absolute atomic E-state index is 12.1. The van der Waals surface area contributed by atoms with Crippen LogP contribution in [-0.2, 0) is 4.79 Å². The number of nitrogens with one attached hydrogen (secondary N) is 2. The maximum Gasteiger partial charge on any atom is 0.319 e. The molecule has 0 radical (unpaired) electrons. The topological polar surface area (TPSA) is 61.4 Å². The summed E-state index contributed by atoms with van der Waals surface area (Å²) in [5.74, 6) is 1.000. The SMILES string of the molecule is CC(=O)N(C)c1cccc(NC(=O)NCC2CC2c2ccccc2)c1. The fraction of sp³-hybridized carbons (Fsp3) is 0.300. The van der Waals surface area contributed by atoms with Gasteiger partial charge in [0.15, 0.2) is 0 Å². The molecule has 1 aliphatic rings. The Hall–Kier alpha value is -2.82. The largest absolute Gasteiger partial charge is 0.338 e. The summed E-state index contributed by atoms with van der Waals surface area (Å²) in [6.07, 6.45) is 1.11. The van der Waals surface area contributed by atoms with Gasteiger partial charge in [-0.25, -0.2) is 4.79 Å². The van der Waals surface area contributed by atoms with Crippen LogP contribution in [0.15, 0.2) is 54.6 Å². The molecule has 0 aliphatic heterocycles. The first-order chi connectivity index (χ1) is 12.0. The number of hydrogen-bond donors (Lipinski definition) is 2. The lowest BCUT2D eigenvalue weighted by Gasteiger charge is -2.16. The van der Waals surface area contributed by atoms with Gasteiger partial charge in [0.1, 0.15) is 0 Å². The second kappa shape index (κ2) is 7.38. The van der Waals surface area contributed by atoms with Crippen molar-refractivity contribution in [1.29, 1.82) is 0 Å². The zero-order valence-corrected chi connectivity index (χ0v) is 14.5. The summed E-state index contributed by atoms with van der Waals surface area (Å²) in [5, 5.41) is 5.76. The zero-order chi connectivity index (χ0) is 17.8. The Morgan fingerprint density at radius 3 is 2.60 bits per heavy atom. The van der Waals surface area contributed by atoms with E-state index in [1.807, 2.05) is 18.2 Å². The molecule has 2 unspecified atom stereocenters. The van der Waals surface area contributed by atoms with Gasteiger partial charge in [-0.15, -0.1) is 0 Å². The van der Waals surface area contributed by atoms with Crippen molar-refractivity contribution in [2.45, 2.75) is 19.3 Å². The van der Waals surface area contributed by atoms with Gasteiger partial charge in [-0.2, -0.15) is 0 Å². The van der Waals surface area contributed by atoms with Crippen molar-refractivity contribution < 1.29 is 9.59 Å². The molecule has 1 saturated carbocycles. The van der Waals surface area contributed by atoms with Crippen molar-refractivity contribution in [1.82, 2.24) is 5.32 Å². The number of amides is 3. The van der Waals surface area contributed by atoms with Gasteiger partial charge in [0, 0.05) is 31.9 Å². The molecule has 5 nitrogen and oxygen atoms in total. The maximum atomic E-state index is 12.1. The van der Waals surface area contributed by atoms with Crippen LogP contribution in [0.5, 0.6) is 0 Å². The lowest BCUT2D eigenvalue weighted by atomic mass is 10.1. The van der Waals surface area contributed by atoms with Crippen molar-refractivity contribution >= 4 is 23.3 Å². The summed E-state index contributed by atoms with van der Waals surface area (Å²) in [5.41, 5.74) is 2.75. The molecule has 5 heteroatoms. The van der Waals surface area contributed by atoms with Crippen LogP contribution < -0.4 is 15.5 Å². The normalized spacial score (nSPS) is 18.3. The van der Waals surface area contributed by atoms with Crippen LogP contribution in [0.4, 0.5) is 16.2 Å². The van der Waals surface area contributed by atoms with Crippen molar-refractivity contribution in [2.24, 2.45) is 5.92 Å². The van der Waals surface area contributed by atoms with E-state index in [1.165, 1.54) is 17.4 Å². The molecule has 2 aromatic carbocycles. The molecular weight excluding hydrogens is 314 g/mol. The first-order valence-corrected chi connectivity index (χ1v) is 8.49. The molecule has 2 N–H and O–H groups in total. The molecule has 2 atom stereocenters. The van der Waals surface area contributed by atoms with Gasteiger partial charge < -0.3 is 15.5 Å². The number of carbonyl (C=O) groups excluding carboxylic acids is 2. The standard InChI is InChI=1S/C20H23N3O2/c1-14(24)23(2)18-10-6-9-17(12-18)22-20(25)21-13-16-11-19(16)15-7-4-3-5-8-15/h3-10,12,16,19H,11,13H2,1-2H3,(H2,21,22,25). The number of urea groups is 1. The van der Waals surface area contributed by atoms with Crippen molar-refractivity contribution in [3.8, 4) is 0 Å². The summed E-state index contributed by atoms with van der Waals surface area (Å²) in [4.78, 5) is 25.1. The van der Waals surface area contributed by atoms with E-state index >= 15 is 0 Å². The van der Waals surface area contributed by atoms with Gasteiger partial charge in [0.2, 0.25) is 5.91 Å². The molecule has 1 aliphatic carbocycles. The van der Waals surface area contributed by atoms with E-state index in [-0.39, 0.29) is 11.9 Å². The van der Waals surface area contributed by atoms with Gasteiger partial charge in [-0.1, -0.05) is 36.4 Å². The second-order valence-corrected chi connectivity index (χ2v) is 6.48. The van der Waals surface area contributed by atoms with E-state index in [0.29, 0.717) is 24.1 Å². The van der Waals surface area contributed by atoms with Crippen molar-refractivity contribution in [2.75, 3.05) is 23.8 Å². The molecule has 130 valence electrons. The Morgan fingerprint density at radius 1 is 1.12 bits per heavy atom. The number of benzene rings is 2. The highest BCUT2D eigenvalue weighted by Crippen LogP contribution is 2.46. The Labute approximate surface area is 148 Å². The molecule has 0 saturated heterocycles. The van der Waals surface area contributed by atoms with Gasteiger partial charge >= 0.3 is 6.03 Å². The van der Waals surface area contributed by atoms with Crippen LogP contribution in [0.3, 0.4) is 0 Å². The van der Waals surface area contributed by atoms with E-state index in [9.17, 15) is 9.59 Å². The lowest BCUT2D eigenvalue weighted by Crippen LogP contribution is -2.30. The molecule has 0 heterocycles. The number of anilines is 2. The van der Waals surface area contributed by atoms with E-state index in [0.717, 1.165) is 12.1 Å². The quantitative estimate of drug-likeness (QED) is 0.876. The van der Waals surface area contributed by atoms with Crippen molar-refractivity contribution in [3.63, 3.8) is 0 Å². The number of carbonyl (C=O) groups is 2. The number of nitrogens with zero attached hydrogens (tertiary/aromatic N) is 1. The fourth-order valence-corrected chi connectivity index (χ4v) is 2.95. The van der Waals surface area contributed by atoms with Gasteiger partial charge in [0.05, 0.1) is 0 Å². The summed E-state index contributed by atoms with van der Waals surface area (Å²) in [7, 11) is 1.71. The van der Waals surface area contributed by atoms with Gasteiger partial charge in [-0.05, 0) is 42.0 Å². The molecule has 1 fully saturated rings. The molecule has 25 heavy (non-hydrogen) atoms. The van der Waals surface area contributed by atoms with Crippen LogP contribution in [0.25, 0.3) is 0 Å². The minimum absolute atomic E-state index is 0.0534. The van der Waals surface area contributed by atoms with Gasteiger partial charge in [-0.3, -0.25) is 4.79 Å². The Kier molecular flexibility index (Phi) is 5.03. The highest BCUT2D eigenvalue weighted by molar-refractivity contribution is 5.93. The molecule has 0 spiro atoms. The zero-order valence-electron chi connectivity index (χ0n) is 14.5. The molecule has 3 amide bonds. The molecule has 0 bridgehead atoms. The Balaban J connectivity index is 1.49. The van der Waals surface area contributed by atoms with E-state index in [2.05, 4.69) is 34.9 Å².